The third-order valence-corrected chi connectivity index (χ3v) is 6.17. The van der Waals surface area contributed by atoms with Gasteiger partial charge in [-0.25, -0.2) is 0 Å². The summed E-state index contributed by atoms with van der Waals surface area (Å²) in [4.78, 5) is 32.4. The number of hydrogen-bond acceptors (Lipinski definition) is 5. The number of aliphatic hydroxyl groups excluding tert-OH is 1. The van der Waals surface area contributed by atoms with Gasteiger partial charge in [0.05, 0.1) is 17.9 Å². The Morgan fingerprint density at radius 3 is 2.46 bits per heavy atom. The Morgan fingerprint density at radius 1 is 1.03 bits per heavy atom. The molecule has 1 aliphatic rings. The zero-order valence-electron chi connectivity index (χ0n) is 20.3. The standard InChI is InChI=1S/C29H30N2O4/c1-4-5-8-17-35-22-13-11-21(12-14-22)27(32)25-26(23-9-6-7-16-30-23)31(29(34)28(25)33)24-15-10-19(2)18-20(24)3/h6-7,9-16,18,26,32H,4-5,8,17H2,1-3H3/b27-25+. The van der Waals surface area contributed by atoms with Gasteiger partial charge in [0, 0.05) is 17.4 Å². The van der Waals surface area contributed by atoms with Gasteiger partial charge >= 0.3 is 0 Å². The van der Waals surface area contributed by atoms with E-state index < -0.39 is 17.7 Å². The van der Waals surface area contributed by atoms with E-state index >= 15 is 0 Å². The summed E-state index contributed by atoms with van der Waals surface area (Å²) in [6.45, 7) is 6.63. The average molecular weight is 471 g/mol. The Labute approximate surface area is 205 Å². The fourth-order valence-electron chi connectivity index (χ4n) is 4.38. The molecule has 1 aliphatic heterocycles. The van der Waals surface area contributed by atoms with Gasteiger partial charge in [-0.15, -0.1) is 0 Å². The summed E-state index contributed by atoms with van der Waals surface area (Å²) in [5.41, 5.74) is 3.48. The normalized spacial score (nSPS) is 17.1. The molecular weight excluding hydrogens is 440 g/mol. The van der Waals surface area contributed by atoms with E-state index in [1.54, 1.807) is 48.7 Å². The number of aromatic nitrogens is 1. The molecule has 1 amide bonds. The fraction of sp³-hybridized carbons (Fsp3) is 0.276. The minimum Gasteiger partial charge on any atom is -0.507 e. The van der Waals surface area contributed by atoms with Crippen molar-refractivity contribution in [2.45, 2.75) is 46.1 Å². The molecule has 3 aromatic rings. The molecule has 2 aromatic carbocycles. The second-order valence-corrected chi connectivity index (χ2v) is 8.79. The summed E-state index contributed by atoms with van der Waals surface area (Å²) < 4.78 is 5.76. The number of pyridine rings is 1. The molecule has 2 heterocycles. The molecule has 0 saturated carbocycles. The zero-order valence-corrected chi connectivity index (χ0v) is 20.3. The largest absolute Gasteiger partial charge is 0.507 e. The van der Waals surface area contributed by atoms with Crippen molar-refractivity contribution in [1.29, 1.82) is 0 Å². The van der Waals surface area contributed by atoms with Gasteiger partial charge in [0.1, 0.15) is 17.6 Å². The molecule has 1 unspecified atom stereocenters. The molecule has 180 valence electrons. The molecule has 1 atom stereocenters. The number of amides is 1. The Balaban J connectivity index is 1.76. The lowest BCUT2D eigenvalue weighted by Gasteiger charge is -2.26. The van der Waals surface area contributed by atoms with Crippen LogP contribution >= 0.6 is 0 Å². The summed E-state index contributed by atoms with van der Waals surface area (Å²) in [6.07, 6.45) is 4.81. The van der Waals surface area contributed by atoms with Gasteiger partial charge in [-0.05, 0) is 68.3 Å². The Hall–Kier alpha value is -3.93. The summed E-state index contributed by atoms with van der Waals surface area (Å²) in [7, 11) is 0. The van der Waals surface area contributed by atoms with Crippen molar-refractivity contribution in [3.63, 3.8) is 0 Å². The number of Topliss-reactive ketones (excluding diaryl/α,β-unsaturated/α-hetero) is 1. The summed E-state index contributed by atoms with van der Waals surface area (Å²) in [6, 6.07) is 17.1. The average Bonchev–Trinajstić information content (AvgIpc) is 3.13. The molecule has 0 radical (unpaired) electrons. The van der Waals surface area contributed by atoms with Gasteiger partial charge in [-0.2, -0.15) is 0 Å². The molecular formula is C29H30N2O4. The van der Waals surface area contributed by atoms with Crippen molar-refractivity contribution >= 4 is 23.1 Å². The second kappa shape index (κ2) is 10.6. The molecule has 1 N–H and O–H groups in total. The third kappa shape index (κ3) is 4.97. The quantitative estimate of drug-likeness (QED) is 0.192. The van der Waals surface area contributed by atoms with Crippen LogP contribution in [0.5, 0.6) is 5.75 Å². The van der Waals surface area contributed by atoms with Crippen molar-refractivity contribution in [2.75, 3.05) is 11.5 Å². The van der Waals surface area contributed by atoms with Crippen LogP contribution in [0, 0.1) is 13.8 Å². The van der Waals surface area contributed by atoms with Crippen LogP contribution in [-0.4, -0.2) is 28.4 Å². The summed E-state index contributed by atoms with van der Waals surface area (Å²) in [5, 5.41) is 11.3. The highest BCUT2D eigenvalue weighted by Gasteiger charge is 2.48. The molecule has 6 nitrogen and oxygen atoms in total. The van der Waals surface area contributed by atoms with E-state index in [0.29, 0.717) is 29.3 Å². The van der Waals surface area contributed by atoms with Crippen LogP contribution in [0.4, 0.5) is 5.69 Å². The highest BCUT2D eigenvalue weighted by atomic mass is 16.5. The number of carbonyl (C=O) groups excluding carboxylic acids is 2. The molecule has 0 aliphatic carbocycles. The van der Waals surface area contributed by atoms with Crippen molar-refractivity contribution in [3.05, 3.63) is 94.8 Å². The van der Waals surface area contributed by atoms with E-state index in [2.05, 4.69) is 11.9 Å². The third-order valence-electron chi connectivity index (χ3n) is 6.17. The molecule has 6 heteroatoms. The minimum absolute atomic E-state index is 0.0188. The molecule has 4 rings (SSSR count). The first-order valence-corrected chi connectivity index (χ1v) is 11.9. The van der Waals surface area contributed by atoms with E-state index in [-0.39, 0.29) is 11.3 Å². The minimum atomic E-state index is -0.845. The van der Waals surface area contributed by atoms with Crippen LogP contribution in [-0.2, 0) is 9.59 Å². The maximum atomic E-state index is 13.3. The van der Waals surface area contributed by atoms with Crippen LogP contribution in [0.2, 0.25) is 0 Å². The Bertz CT molecular complexity index is 1250. The lowest BCUT2D eigenvalue weighted by atomic mass is 9.97. The number of benzene rings is 2. The van der Waals surface area contributed by atoms with Crippen LogP contribution in [0.25, 0.3) is 5.76 Å². The monoisotopic (exact) mass is 470 g/mol. The van der Waals surface area contributed by atoms with Gasteiger partial charge < -0.3 is 9.84 Å². The van der Waals surface area contributed by atoms with Gasteiger partial charge in [0.15, 0.2) is 0 Å². The van der Waals surface area contributed by atoms with E-state index in [1.807, 2.05) is 32.0 Å². The number of carbonyl (C=O) groups is 2. The second-order valence-electron chi connectivity index (χ2n) is 8.79. The van der Waals surface area contributed by atoms with Crippen LogP contribution in [0.3, 0.4) is 0 Å². The first-order valence-electron chi connectivity index (χ1n) is 11.9. The topological polar surface area (TPSA) is 79.7 Å². The summed E-state index contributed by atoms with van der Waals surface area (Å²) in [5.74, 6) is -0.971. The van der Waals surface area contributed by atoms with Gasteiger partial charge in [0.25, 0.3) is 11.7 Å². The van der Waals surface area contributed by atoms with Crippen LogP contribution < -0.4 is 9.64 Å². The van der Waals surface area contributed by atoms with Crippen LogP contribution in [0.1, 0.15) is 54.6 Å². The number of aryl methyl sites for hydroxylation is 2. The first kappa shape index (κ1) is 24.2. The smallest absolute Gasteiger partial charge is 0.300 e. The lowest BCUT2D eigenvalue weighted by Crippen LogP contribution is -2.30. The maximum Gasteiger partial charge on any atom is 0.300 e. The number of anilines is 1. The van der Waals surface area contributed by atoms with Gasteiger partial charge in [-0.3, -0.25) is 19.5 Å². The predicted octanol–water partition coefficient (Wildman–Crippen LogP) is 5.89. The zero-order chi connectivity index (χ0) is 24.9. The number of unbranched alkanes of at least 4 members (excludes halogenated alkanes) is 2. The Kier molecular flexibility index (Phi) is 7.30. The molecule has 0 spiro atoms. The van der Waals surface area contributed by atoms with E-state index in [1.165, 1.54) is 4.90 Å². The highest BCUT2D eigenvalue weighted by molar-refractivity contribution is 6.51. The maximum absolute atomic E-state index is 13.3. The Morgan fingerprint density at radius 2 is 1.80 bits per heavy atom. The molecule has 35 heavy (non-hydrogen) atoms. The van der Waals surface area contributed by atoms with Gasteiger partial charge in [-0.1, -0.05) is 43.5 Å². The fourth-order valence-corrected chi connectivity index (χ4v) is 4.38. The number of ketones is 1. The van der Waals surface area contributed by atoms with Gasteiger partial charge in [0.2, 0.25) is 0 Å². The predicted molar refractivity (Wildman–Crippen MR) is 136 cm³/mol. The SMILES string of the molecule is CCCCCOc1ccc(/C(O)=C2\C(=O)C(=O)N(c3ccc(C)cc3C)C2c2ccccn2)cc1. The number of aliphatic hydroxyl groups is 1. The van der Waals surface area contributed by atoms with Crippen molar-refractivity contribution in [3.8, 4) is 5.75 Å². The lowest BCUT2D eigenvalue weighted by molar-refractivity contribution is -0.132. The summed E-state index contributed by atoms with van der Waals surface area (Å²) >= 11 is 0. The van der Waals surface area contributed by atoms with E-state index in [0.717, 1.165) is 30.4 Å². The highest BCUT2D eigenvalue weighted by Crippen LogP contribution is 2.42. The van der Waals surface area contributed by atoms with E-state index in [4.69, 9.17) is 4.74 Å². The van der Waals surface area contributed by atoms with E-state index in [9.17, 15) is 14.7 Å². The number of ether oxygens (including phenoxy) is 1. The molecule has 0 bridgehead atoms. The first-order chi connectivity index (χ1) is 16.9. The number of nitrogens with zero attached hydrogens (tertiary/aromatic N) is 2. The van der Waals surface area contributed by atoms with Crippen molar-refractivity contribution in [1.82, 2.24) is 4.98 Å². The molecule has 1 fully saturated rings. The molecule has 1 saturated heterocycles. The number of hydrogen-bond donors (Lipinski definition) is 1. The van der Waals surface area contributed by atoms with Crippen LogP contribution in [0.15, 0.2) is 72.4 Å². The van der Waals surface area contributed by atoms with Crippen molar-refractivity contribution in [2.24, 2.45) is 0 Å². The number of rotatable bonds is 8. The van der Waals surface area contributed by atoms with Crippen molar-refractivity contribution < 1.29 is 19.4 Å². The molecule has 1 aromatic heterocycles.